The van der Waals surface area contributed by atoms with Gasteiger partial charge in [-0.15, -0.1) is 0 Å². The molecule has 0 spiro atoms. The molecule has 3 amide bonds. The summed E-state index contributed by atoms with van der Waals surface area (Å²) < 4.78 is 15.8. The zero-order valence-corrected chi connectivity index (χ0v) is 25.9. The van der Waals surface area contributed by atoms with Gasteiger partial charge in [0.15, 0.2) is 0 Å². The fourth-order valence-corrected chi connectivity index (χ4v) is 3.77. The summed E-state index contributed by atoms with van der Waals surface area (Å²) in [5.41, 5.74) is 0.0427. The molecule has 11 nitrogen and oxygen atoms in total. The third-order valence-electron chi connectivity index (χ3n) is 6.23. The third-order valence-corrected chi connectivity index (χ3v) is 6.23. The first-order valence-corrected chi connectivity index (χ1v) is 14.3. The standard InChI is InChI=1S/C31H47N3O8/c1-9-18-40-29(38)26(21(5)10-2)33-27(36)23(16-17-24(35)42-31(6,7)8)32-28(37)25(20(3)4)34-30(39)41-19-22-14-12-11-13-15-22/h9,11-15,20-21,23,25-26H,1,10,16-19H2,2-8H3,(H,32,37)(H,33,36)(H,34,39)/t21?,23-,25-,26-/m0/s1. The van der Waals surface area contributed by atoms with Crippen LogP contribution in [0.3, 0.4) is 0 Å². The molecule has 0 saturated heterocycles. The Morgan fingerprint density at radius 3 is 2.10 bits per heavy atom. The summed E-state index contributed by atoms with van der Waals surface area (Å²) in [5.74, 6) is -3.18. The molecule has 1 aromatic carbocycles. The van der Waals surface area contributed by atoms with Crippen molar-refractivity contribution in [1.82, 2.24) is 16.0 Å². The zero-order valence-electron chi connectivity index (χ0n) is 25.9. The molecule has 0 heterocycles. The average molecular weight is 590 g/mol. The van der Waals surface area contributed by atoms with Crippen molar-refractivity contribution in [3.63, 3.8) is 0 Å². The Bertz CT molecular complexity index is 1050. The van der Waals surface area contributed by atoms with Crippen molar-refractivity contribution in [3.05, 3.63) is 48.6 Å². The van der Waals surface area contributed by atoms with E-state index in [1.165, 1.54) is 6.08 Å². The predicted octanol–water partition coefficient (Wildman–Crippen LogP) is 3.80. The van der Waals surface area contributed by atoms with Crippen LogP contribution in [0.15, 0.2) is 43.0 Å². The number of hydrogen-bond donors (Lipinski definition) is 3. The minimum Gasteiger partial charge on any atom is -0.460 e. The Morgan fingerprint density at radius 2 is 1.55 bits per heavy atom. The van der Waals surface area contributed by atoms with E-state index < -0.39 is 53.6 Å². The Morgan fingerprint density at radius 1 is 0.905 bits per heavy atom. The lowest BCUT2D eigenvalue weighted by Crippen LogP contribution is -2.57. The van der Waals surface area contributed by atoms with E-state index in [0.717, 1.165) is 5.56 Å². The van der Waals surface area contributed by atoms with Crippen molar-refractivity contribution in [3.8, 4) is 0 Å². The smallest absolute Gasteiger partial charge is 0.408 e. The van der Waals surface area contributed by atoms with E-state index in [1.807, 2.05) is 25.1 Å². The van der Waals surface area contributed by atoms with Crippen LogP contribution in [0.5, 0.6) is 0 Å². The van der Waals surface area contributed by atoms with Gasteiger partial charge in [-0.05, 0) is 44.6 Å². The molecule has 42 heavy (non-hydrogen) atoms. The first-order chi connectivity index (χ1) is 19.7. The van der Waals surface area contributed by atoms with Crippen molar-refractivity contribution in [1.29, 1.82) is 0 Å². The lowest BCUT2D eigenvalue weighted by molar-refractivity contribution is -0.155. The van der Waals surface area contributed by atoms with Gasteiger partial charge in [-0.3, -0.25) is 14.4 Å². The highest BCUT2D eigenvalue weighted by atomic mass is 16.6. The monoisotopic (exact) mass is 589 g/mol. The summed E-state index contributed by atoms with van der Waals surface area (Å²) in [4.78, 5) is 64.4. The van der Waals surface area contributed by atoms with Crippen molar-refractivity contribution in [2.75, 3.05) is 6.61 Å². The Labute approximate surface area is 249 Å². The van der Waals surface area contributed by atoms with Crippen LogP contribution in [-0.4, -0.2) is 60.2 Å². The Hall–Kier alpha value is -3.89. The number of carbonyl (C=O) groups is 5. The number of alkyl carbamates (subject to hydrolysis) is 1. The second kappa shape index (κ2) is 17.8. The summed E-state index contributed by atoms with van der Waals surface area (Å²) in [6.07, 6.45) is 0.896. The van der Waals surface area contributed by atoms with Crippen LogP contribution in [0.2, 0.25) is 0 Å². The van der Waals surface area contributed by atoms with E-state index in [1.54, 1.807) is 53.7 Å². The number of amides is 3. The molecular formula is C31H47N3O8. The van der Waals surface area contributed by atoms with Gasteiger partial charge in [-0.25, -0.2) is 9.59 Å². The fourth-order valence-electron chi connectivity index (χ4n) is 3.77. The molecule has 1 rings (SSSR count). The minimum atomic E-state index is -1.22. The predicted molar refractivity (Wildman–Crippen MR) is 158 cm³/mol. The maximum atomic E-state index is 13.4. The molecule has 0 aliphatic rings. The maximum absolute atomic E-state index is 13.4. The van der Waals surface area contributed by atoms with Crippen LogP contribution in [-0.2, 0) is 40.0 Å². The molecule has 0 saturated carbocycles. The second-order valence-corrected chi connectivity index (χ2v) is 11.4. The third kappa shape index (κ3) is 13.6. The molecule has 0 fully saturated rings. The molecule has 1 unspecified atom stereocenters. The lowest BCUT2D eigenvalue weighted by atomic mass is 9.98. The van der Waals surface area contributed by atoms with Crippen LogP contribution in [0.25, 0.3) is 0 Å². The highest BCUT2D eigenvalue weighted by Crippen LogP contribution is 2.14. The molecule has 4 atom stereocenters. The van der Waals surface area contributed by atoms with Gasteiger partial charge in [-0.1, -0.05) is 77.1 Å². The first-order valence-electron chi connectivity index (χ1n) is 14.3. The van der Waals surface area contributed by atoms with E-state index in [2.05, 4.69) is 22.5 Å². The van der Waals surface area contributed by atoms with Gasteiger partial charge >= 0.3 is 18.0 Å². The molecule has 1 aromatic rings. The Kier molecular flexibility index (Phi) is 15.3. The summed E-state index contributed by atoms with van der Waals surface area (Å²) >= 11 is 0. The number of ether oxygens (including phenoxy) is 3. The number of carbonyl (C=O) groups excluding carboxylic acids is 5. The van der Waals surface area contributed by atoms with Crippen molar-refractivity contribution in [2.45, 2.75) is 98.1 Å². The summed E-state index contributed by atoms with van der Waals surface area (Å²) in [6.45, 7) is 15.8. The highest BCUT2D eigenvalue weighted by Gasteiger charge is 2.34. The molecule has 0 radical (unpaired) electrons. The molecule has 0 aromatic heterocycles. The van der Waals surface area contributed by atoms with Gasteiger partial charge in [0, 0.05) is 6.42 Å². The van der Waals surface area contributed by atoms with E-state index >= 15 is 0 Å². The summed E-state index contributed by atoms with van der Waals surface area (Å²) in [7, 11) is 0. The van der Waals surface area contributed by atoms with Gasteiger partial charge in [0.25, 0.3) is 0 Å². The van der Waals surface area contributed by atoms with Crippen LogP contribution >= 0.6 is 0 Å². The highest BCUT2D eigenvalue weighted by molar-refractivity contribution is 5.93. The molecule has 11 heteroatoms. The van der Waals surface area contributed by atoms with Crippen LogP contribution in [0.4, 0.5) is 4.79 Å². The number of rotatable bonds is 16. The normalized spacial score (nSPS) is 14.0. The van der Waals surface area contributed by atoms with E-state index in [4.69, 9.17) is 14.2 Å². The quantitative estimate of drug-likeness (QED) is 0.150. The number of esters is 2. The number of hydrogen-bond acceptors (Lipinski definition) is 8. The van der Waals surface area contributed by atoms with Crippen LogP contribution in [0.1, 0.15) is 73.3 Å². The van der Waals surface area contributed by atoms with E-state index in [0.29, 0.717) is 6.42 Å². The molecule has 0 aliphatic heterocycles. The zero-order chi connectivity index (χ0) is 31.9. The van der Waals surface area contributed by atoms with E-state index in [9.17, 15) is 24.0 Å². The van der Waals surface area contributed by atoms with Crippen molar-refractivity contribution >= 4 is 29.8 Å². The SMILES string of the molecule is C=CCOC(=O)[C@@H](NC(=O)[C@H](CCC(=O)OC(C)(C)C)NC(=O)[C@@H](NC(=O)OCc1ccccc1)C(C)C)C(C)CC. The van der Waals surface area contributed by atoms with Crippen LogP contribution < -0.4 is 16.0 Å². The van der Waals surface area contributed by atoms with Gasteiger partial charge in [0.05, 0.1) is 0 Å². The average Bonchev–Trinajstić information content (AvgIpc) is 2.93. The fraction of sp³-hybridized carbons (Fsp3) is 0.581. The minimum absolute atomic E-state index is 0.0129. The topological polar surface area (TPSA) is 149 Å². The van der Waals surface area contributed by atoms with Gasteiger partial charge in [0.1, 0.15) is 36.9 Å². The maximum Gasteiger partial charge on any atom is 0.408 e. The van der Waals surface area contributed by atoms with Gasteiger partial charge < -0.3 is 30.2 Å². The molecule has 3 N–H and O–H groups in total. The van der Waals surface area contributed by atoms with Gasteiger partial charge in [0.2, 0.25) is 11.8 Å². The molecular weight excluding hydrogens is 542 g/mol. The largest absolute Gasteiger partial charge is 0.460 e. The van der Waals surface area contributed by atoms with E-state index in [-0.39, 0.29) is 37.9 Å². The second-order valence-electron chi connectivity index (χ2n) is 11.4. The number of benzene rings is 1. The van der Waals surface area contributed by atoms with Gasteiger partial charge in [-0.2, -0.15) is 0 Å². The first kappa shape index (κ1) is 36.1. The van der Waals surface area contributed by atoms with Crippen LogP contribution in [0, 0.1) is 11.8 Å². The summed E-state index contributed by atoms with van der Waals surface area (Å²) in [5, 5.41) is 7.87. The molecule has 0 bridgehead atoms. The molecule has 0 aliphatic carbocycles. The lowest BCUT2D eigenvalue weighted by Gasteiger charge is -2.28. The van der Waals surface area contributed by atoms with Crippen molar-refractivity contribution in [2.24, 2.45) is 11.8 Å². The number of nitrogens with one attached hydrogen (secondary N) is 3. The van der Waals surface area contributed by atoms with Crippen molar-refractivity contribution < 1.29 is 38.2 Å². The Balaban J connectivity index is 3.08. The molecule has 234 valence electrons. The summed E-state index contributed by atoms with van der Waals surface area (Å²) in [6, 6.07) is 5.81.